The van der Waals surface area contributed by atoms with Gasteiger partial charge in [-0.25, -0.2) is 13.2 Å². The molecule has 94 heavy (non-hydrogen) atoms. The Morgan fingerprint density at radius 3 is 1.39 bits per heavy atom. The molecule has 5 rings (SSSR count). The van der Waals surface area contributed by atoms with E-state index in [2.05, 4.69) is 4.90 Å². The van der Waals surface area contributed by atoms with Crippen LogP contribution in [-0.4, -0.2) is 285 Å². The second-order valence-electron chi connectivity index (χ2n) is 21.8. The number of methoxy groups -OCH3 is 3. The summed E-state index contributed by atoms with van der Waals surface area (Å²) >= 11 is 0. The smallest absolute Gasteiger partial charge is 0.335 e. The summed E-state index contributed by atoms with van der Waals surface area (Å²) in [5.74, 6) is -1.88. The van der Waals surface area contributed by atoms with Gasteiger partial charge in [0.25, 0.3) is 21.9 Å². The van der Waals surface area contributed by atoms with Gasteiger partial charge in [-0.15, -0.1) is 5.06 Å². The van der Waals surface area contributed by atoms with Crippen molar-refractivity contribution in [3.63, 3.8) is 0 Å². The van der Waals surface area contributed by atoms with Crippen molar-refractivity contribution in [2.24, 2.45) is 0 Å². The zero-order chi connectivity index (χ0) is 67.9. The lowest BCUT2D eigenvalue weighted by Crippen LogP contribution is -2.34. The molecule has 0 bridgehead atoms. The zero-order valence-electron chi connectivity index (χ0n) is 55.0. The van der Waals surface area contributed by atoms with Crippen molar-refractivity contribution in [2.45, 2.75) is 66.6 Å². The molecule has 0 aromatic heterocycles. The van der Waals surface area contributed by atoms with Crippen LogP contribution in [0.1, 0.15) is 57.1 Å². The number of hydrogen-bond acceptors (Lipinski definition) is 26. The first-order chi connectivity index (χ1) is 45.4. The molecule has 0 spiro atoms. The van der Waals surface area contributed by atoms with Crippen LogP contribution in [0, 0.1) is 0 Å². The summed E-state index contributed by atoms with van der Waals surface area (Å²) in [5.41, 5.74) is 2.10. The van der Waals surface area contributed by atoms with Crippen molar-refractivity contribution < 1.29 is 126 Å². The SMILES string of the molecule is COCCOCCOCCOCCN1C(=CC=CC2=[N+](CCOCCOCCOCCOCCC(=O)ON3C(=O)CCC3=O)c3ccc(S(=O)(=O)[O-])cc3C2(C)CCOCCOCCOCCOC)C(C)(CCOCCOCCOCCOC)c2cc(S(=O)(=O)O)ccc21. The van der Waals surface area contributed by atoms with E-state index in [1.165, 1.54) is 24.3 Å². The third kappa shape index (κ3) is 27.2. The molecule has 2 amide bonds. The van der Waals surface area contributed by atoms with Gasteiger partial charge in [-0.2, -0.15) is 13.0 Å². The Bertz CT molecular complexity index is 2900. The molecule has 1 saturated heterocycles. The highest BCUT2D eigenvalue weighted by atomic mass is 32.2. The maximum absolute atomic E-state index is 12.8. The fraction of sp³-hybridized carbons (Fsp3) is 0.683. The predicted molar refractivity (Wildman–Crippen MR) is 337 cm³/mol. The van der Waals surface area contributed by atoms with Crippen molar-refractivity contribution in [2.75, 3.05) is 231 Å². The number of fused-ring (bicyclic) bond motifs is 2. The molecule has 3 aliphatic rings. The topological polar surface area (TPSA) is 329 Å². The van der Waals surface area contributed by atoms with E-state index >= 15 is 0 Å². The number of hydrogen-bond donors (Lipinski definition) is 1. The molecule has 3 heterocycles. The van der Waals surface area contributed by atoms with Gasteiger partial charge in [0.05, 0.1) is 193 Å². The van der Waals surface area contributed by atoms with Gasteiger partial charge in [0, 0.05) is 88.4 Å². The first kappa shape index (κ1) is 79.9. The maximum atomic E-state index is 12.8. The van der Waals surface area contributed by atoms with Gasteiger partial charge >= 0.3 is 5.97 Å². The summed E-state index contributed by atoms with van der Waals surface area (Å²) in [5, 5.41) is 0.491. The third-order valence-corrected chi connectivity index (χ3v) is 16.9. The van der Waals surface area contributed by atoms with Crippen LogP contribution < -0.4 is 4.90 Å². The average molecular weight is 1380 g/mol. The summed E-state index contributed by atoms with van der Waals surface area (Å²) in [4.78, 5) is 41.6. The zero-order valence-corrected chi connectivity index (χ0v) is 56.6. The molecule has 29 nitrogen and oxygen atoms in total. The average Bonchev–Trinajstić information content (AvgIpc) is 1.59. The standard InChI is InChI=1S/C63H97N3O26S2/c1-62(16-21-80-32-37-88-44-41-84-28-25-76-3)53-49-51(93(70,71)72)9-11-55(53)64(18-23-82-34-39-90-46-43-86-30-27-78-5)57(62)7-6-8-58-63(2,17-22-81-33-38-89-45-42-85-29-26-77-4)54-50-52(94(73,74)75)10-12-56(54)65(58)19-24-83-35-40-91-48-47-87-36-31-79-20-15-61(69)92-66-59(67)13-14-60(66)68/h6-12,49-50H,13-48H2,1-5H3,(H-,70,71,72,73,74,75). The minimum Gasteiger partial charge on any atom is -0.744 e. The van der Waals surface area contributed by atoms with E-state index in [0.717, 1.165) is 11.4 Å². The largest absolute Gasteiger partial charge is 0.744 e. The van der Waals surface area contributed by atoms with E-state index < -0.39 is 53.7 Å². The molecule has 31 heteroatoms. The molecule has 2 atom stereocenters. The van der Waals surface area contributed by atoms with Crippen molar-refractivity contribution >= 4 is 55.1 Å². The van der Waals surface area contributed by atoms with Crippen LogP contribution in [0.5, 0.6) is 0 Å². The van der Waals surface area contributed by atoms with Gasteiger partial charge in [-0.3, -0.25) is 14.1 Å². The van der Waals surface area contributed by atoms with E-state index in [1.807, 2.05) is 36.7 Å². The lowest BCUT2D eigenvalue weighted by atomic mass is 9.76. The Kier molecular flexibility index (Phi) is 37.5. The van der Waals surface area contributed by atoms with Gasteiger partial charge < -0.3 is 90.1 Å². The minimum absolute atomic E-state index is 0.00308. The number of nitrogens with zero attached hydrogens (tertiary/aromatic N) is 3. The van der Waals surface area contributed by atoms with Gasteiger partial charge in [0.1, 0.15) is 16.7 Å². The molecule has 1 N–H and O–H groups in total. The van der Waals surface area contributed by atoms with E-state index in [1.54, 1.807) is 33.5 Å². The highest BCUT2D eigenvalue weighted by molar-refractivity contribution is 7.86. The van der Waals surface area contributed by atoms with Gasteiger partial charge in [-0.1, -0.05) is 6.08 Å². The number of amides is 2. The fourth-order valence-electron chi connectivity index (χ4n) is 10.3. The van der Waals surface area contributed by atoms with E-state index in [4.69, 9.17) is 80.6 Å². The number of hydroxylamine groups is 2. The van der Waals surface area contributed by atoms with E-state index in [0.29, 0.717) is 139 Å². The summed E-state index contributed by atoms with van der Waals surface area (Å²) in [6.45, 7) is 13.4. The van der Waals surface area contributed by atoms with Crippen LogP contribution in [0.2, 0.25) is 0 Å². The molecule has 2 aromatic rings. The molecule has 2 unspecified atom stereocenters. The third-order valence-electron chi connectivity index (χ3n) is 15.2. The number of carbonyl (C=O) groups is 3. The summed E-state index contributed by atoms with van der Waals surface area (Å²) in [7, 11) is -4.75. The normalized spacial score (nSPS) is 17.9. The van der Waals surface area contributed by atoms with Crippen molar-refractivity contribution in [1.82, 2.24) is 5.06 Å². The molecular weight excluding hydrogens is 1280 g/mol. The number of allylic oxidation sites excluding steroid dienone is 4. The second-order valence-corrected chi connectivity index (χ2v) is 24.6. The van der Waals surface area contributed by atoms with Crippen LogP contribution in [0.3, 0.4) is 0 Å². The highest BCUT2D eigenvalue weighted by Gasteiger charge is 2.48. The molecule has 1 fully saturated rings. The Morgan fingerprint density at radius 1 is 0.532 bits per heavy atom. The minimum atomic E-state index is -4.90. The van der Waals surface area contributed by atoms with Crippen molar-refractivity contribution in [3.8, 4) is 0 Å². The predicted octanol–water partition coefficient (Wildman–Crippen LogP) is 3.34. The Labute approximate surface area is 552 Å². The van der Waals surface area contributed by atoms with Crippen LogP contribution >= 0.6 is 0 Å². The Hall–Kier alpha value is -4.82. The summed E-state index contributed by atoms with van der Waals surface area (Å²) in [6.07, 6.45) is 6.29. The summed E-state index contributed by atoms with van der Waals surface area (Å²) in [6, 6.07) is 8.84. The van der Waals surface area contributed by atoms with Crippen molar-refractivity contribution in [3.05, 3.63) is 71.5 Å². The molecule has 2 aromatic carbocycles. The Balaban J connectivity index is 1.37. The van der Waals surface area contributed by atoms with Gasteiger partial charge in [0.2, 0.25) is 5.69 Å². The number of anilines is 1. The maximum Gasteiger partial charge on any atom is 0.335 e. The first-order valence-electron chi connectivity index (χ1n) is 31.5. The van der Waals surface area contributed by atoms with Crippen LogP contribution in [-0.2, 0) is 126 Å². The molecule has 0 saturated carbocycles. The quantitative estimate of drug-likeness (QED) is 0.0429. The number of benzene rings is 2. The second kappa shape index (κ2) is 44.2. The van der Waals surface area contributed by atoms with E-state index in [-0.39, 0.29) is 130 Å². The molecule has 0 aliphatic carbocycles. The monoisotopic (exact) mass is 1380 g/mol. The van der Waals surface area contributed by atoms with Crippen LogP contribution in [0.25, 0.3) is 0 Å². The molecule has 532 valence electrons. The summed E-state index contributed by atoms with van der Waals surface area (Å²) < 4.78 is 166. The highest BCUT2D eigenvalue weighted by Crippen LogP contribution is 2.51. The fourth-order valence-corrected chi connectivity index (χ4v) is 11.3. The van der Waals surface area contributed by atoms with Gasteiger partial charge in [-0.05, 0) is 68.7 Å². The van der Waals surface area contributed by atoms with Crippen LogP contribution in [0.4, 0.5) is 11.4 Å². The molecule has 0 radical (unpaired) electrons. The molecular formula is C63H97N3O26S2. The lowest BCUT2D eigenvalue weighted by molar-refractivity contribution is -0.442. The van der Waals surface area contributed by atoms with Crippen LogP contribution in [0.15, 0.2) is 70.1 Å². The van der Waals surface area contributed by atoms with Crippen molar-refractivity contribution in [1.29, 1.82) is 0 Å². The molecule has 3 aliphatic heterocycles. The Morgan fingerprint density at radius 2 is 0.936 bits per heavy atom. The number of imide groups is 1. The lowest BCUT2D eigenvalue weighted by Gasteiger charge is -2.30. The van der Waals surface area contributed by atoms with E-state index in [9.17, 15) is 40.3 Å². The number of rotatable bonds is 56. The van der Waals surface area contributed by atoms with Gasteiger partial charge in [0.15, 0.2) is 12.3 Å². The first-order valence-corrected chi connectivity index (χ1v) is 34.3. The number of ether oxygens (including phenoxy) is 16. The number of carbonyl (C=O) groups excluding carboxylic acids is 3.